The SMILES string of the molecule is CC(C)(C)N1OC1(C)C. The maximum absolute atomic E-state index is 5.30. The second kappa shape index (κ2) is 1.50. The van der Waals surface area contributed by atoms with Crippen LogP contribution in [0, 0.1) is 0 Å². The Morgan fingerprint density at radius 1 is 1.22 bits per heavy atom. The summed E-state index contributed by atoms with van der Waals surface area (Å²) in [6, 6.07) is 0. The average Bonchev–Trinajstić information content (AvgIpc) is 2.10. The van der Waals surface area contributed by atoms with E-state index in [9.17, 15) is 0 Å². The van der Waals surface area contributed by atoms with Crippen LogP contribution in [0.3, 0.4) is 0 Å². The standard InChI is InChI=1S/C7H15NO/c1-6(2,3)8-7(4,5)9-8/h1-5H3. The Hall–Kier alpha value is -0.0800. The molecule has 1 atom stereocenters. The van der Waals surface area contributed by atoms with Gasteiger partial charge in [0, 0.05) is 5.54 Å². The van der Waals surface area contributed by atoms with Crippen molar-refractivity contribution in [1.29, 1.82) is 0 Å². The van der Waals surface area contributed by atoms with E-state index in [1.165, 1.54) is 0 Å². The molecular formula is C7H15NO. The van der Waals surface area contributed by atoms with E-state index in [0.717, 1.165) is 0 Å². The highest BCUT2D eigenvalue weighted by atomic mass is 16.9. The lowest BCUT2D eigenvalue weighted by Gasteiger charge is -2.17. The average molecular weight is 129 g/mol. The van der Waals surface area contributed by atoms with Crippen LogP contribution in [-0.4, -0.2) is 16.3 Å². The van der Waals surface area contributed by atoms with Crippen LogP contribution in [0.2, 0.25) is 0 Å². The van der Waals surface area contributed by atoms with Crippen molar-refractivity contribution in [3.63, 3.8) is 0 Å². The van der Waals surface area contributed by atoms with Crippen LogP contribution in [0.25, 0.3) is 0 Å². The van der Waals surface area contributed by atoms with E-state index in [2.05, 4.69) is 34.6 Å². The predicted molar refractivity (Wildman–Crippen MR) is 36.8 cm³/mol. The number of nitrogens with zero attached hydrogens (tertiary/aromatic N) is 1. The quantitative estimate of drug-likeness (QED) is 0.463. The molecule has 2 nitrogen and oxygen atoms in total. The molecule has 0 aromatic heterocycles. The fraction of sp³-hybridized carbons (Fsp3) is 1.00. The van der Waals surface area contributed by atoms with Gasteiger partial charge in [-0.3, -0.25) is 4.84 Å². The maximum atomic E-state index is 5.30. The Labute approximate surface area is 56.8 Å². The molecule has 1 aliphatic rings. The van der Waals surface area contributed by atoms with Crippen molar-refractivity contribution < 1.29 is 4.84 Å². The molecule has 0 radical (unpaired) electrons. The summed E-state index contributed by atoms with van der Waals surface area (Å²) < 4.78 is 0. The summed E-state index contributed by atoms with van der Waals surface area (Å²) in [6.07, 6.45) is 0. The first-order valence-electron chi connectivity index (χ1n) is 3.33. The van der Waals surface area contributed by atoms with Crippen molar-refractivity contribution in [2.24, 2.45) is 0 Å². The van der Waals surface area contributed by atoms with Crippen LogP contribution in [-0.2, 0) is 4.84 Å². The molecular weight excluding hydrogens is 114 g/mol. The first kappa shape index (κ1) is 7.03. The van der Waals surface area contributed by atoms with Crippen molar-refractivity contribution >= 4 is 0 Å². The first-order chi connectivity index (χ1) is 3.84. The fourth-order valence-corrected chi connectivity index (χ4v) is 1.15. The molecule has 1 unspecified atom stereocenters. The van der Waals surface area contributed by atoms with Crippen LogP contribution >= 0.6 is 0 Å². The van der Waals surface area contributed by atoms with E-state index in [0.29, 0.717) is 0 Å². The van der Waals surface area contributed by atoms with Gasteiger partial charge in [-0.2, -0.15) is 0 Å². The molecule has 0 N–H and O–H groups in total. The molecule has 0 aromatic rings. The summed E-state index contributed by atoms with van der Waals surface area (Å²) in [4.78, 5) is 5.30. The van der Waals surface area contributed by atoms with Crippen molar-refractivity contribution in [2.75, 3.05) is 0 Å². The molecule has 0 bridgehead atoms. The van der Waals surface area contributed by atoms with E-state index >= 15 is 0 Å². The summed E-state index contributed by atoms with van der Waals surface area (Å²) in [5.41, 5.74) is 0.141. The number of rotatable bonds is 0. The molecule has 0 spiro atoms. The Morgan fingerprint density at radius 3 is 1.56 bits per heavy atom. The van der Waals surface area contributed by atoms with Gasteiger partial charge in [0.2, 0.25) is 0 Å². The monoisotopic (exact) mass is 129 g/mol. The van der Waals surface area contributed by atoms with Crippen molar-refractivity contribution in [3.8, 4) is 0 Å². The first-order valence-corrected chi connectivity index (χ1v) is 3.33. The number of hydrogen-bond acceptors (Lipinski definition) is 2. The van der Waals surface area contributed by atoms with Crippen LogP contribution in [0.1, 0.15) is 34.6 Å². The lowest BCUT2D eigenvalue weighted by molar-refractivity contribution is 0.101. The lowest BCUT2D eigenvalue weighted by Crippen LogP contribution is -2.30. The predicted octanol–water partition coefficient (Wildman–Crippen LogP) is 1.77. The zero-order chi connectivity index (χ0) is 7.28. The molecule has 1 aliphatic heterocycles. The third-order valence-electron chi connectivity index (χ3n) is 1.38. The second-order valence-corrected chi connectivity index (χ2v) is 4.00. The zero-order valence-corrected chi connectivity index (χ0v) is 6.86. The fourth-order valence-electron chi connectivity index (χ4n) is 1.15. The van der Waals surface area contributed by atoms with Gasteiger partial charge >= 0.3 is 0 Å². The topological polar surface area (TPSA) is 15.5 Å². The summed E-state index contributed by atoms with van der Waals surface area (Å²) in [6.45, 7) is 10.6. The van der Waals surface area contributed by atoms with Crippen LogP contribution < -0.4 is 0 Å². The molecule has 54 valence electrons. The molecule has 0 aromatic carbocycles. The highest BCUT2D eigenvalue weighted by Gasteiger charge is 2.52. The lowest BCUT2D eigenvalue weighted by atomic mass is 10.1. The Morgan fingerprint density at radius 2 is 1.56 bits per heavy atom. The minimum absolute atomic E-state index is 0.0156. The summed E-state index contributed by atoms with van der Waals surface area (Å²) in [5.74, 6) is 0. The minimum Gasteiger partial charge on any atom is -0.272 e. The molecule has 1 saturated heterocycles. The number of hydrogen-bond donors (Lipinski definition) is 0. The summed E-state index contributed by atoms with van der Waals surface area (Å²) >= 11 is 0. The third kappa shape index (κ3) is 1.25. The molecule has 0 amide bonds. The number of hydroxylamine groups is 2. The zero-order valence-electron chi connectivity index (χ0n) is 6.86. The van der Waals surface area contributed by atoms with E-state index in [4.69, 9.17) is 4.84 Å². The Balaban J connectivity index is 2.52. The highest BCUT2D eigenvalue weighted by molar-refractivity contribution is 4.86. The highest BCUT2D eigenvalue weighted by Crippen LogP contribution is 2.40. The molecule has 1 rings (SSSR count). The molecule has 1 heterocycles. The van der Waals surface area contributed by atoms with Crippen molar-refractivity contribution in [1.82, 2.24) is 5.06 Å². The van der Waals surface area contributed by atoms with Crippen LogP contribution in [0.15, 0.2) is 0 Å². The van der Waals surface area contributed by atoms with Gasteiger partial charge in [0.25, 0.3) is 0 Å². The van der Waals surface area contributed by atoms with Gasteiger partial charge < -0.3 is 0 Å². The van der Waals surface area contributed by atoms with Crippen LogP contribution in [0.4, 0.5) is 0 Å². The van der Waals surface area contributed by atoms with Crippen molar-refractivity contribution in [3.05, 3.63) is 0 Å². The Bertz CT molecular complexity index is 123. The van der Waals surface area contributed by atoms with E-state index in [1.807, 2.05) is 5.06 Å². The third-order valence-corrected chi connectivity index (χ3v) is 1.38. The van der Waals surface area contributed by atoms with Gasteiger partial charge in [-0.1, -0.05) is 0 Å². The normalized spacial score (nSPS) is 32.3. The van der Waals surface area contributed by atoms with E-state index < -0.39 is 0 Å². The smallest absolute Gasteiger partial charge is 0.160 e. The van der Waals surface area contributed by atoms with Gasteiger partial charge in [-0.15, -0.1) is 5.06 Å². The molecule has 1 fully saturated rings. The minimum atomic E-state index is -0.0156. The maximum Gasteiger partial charge on any atom is 0.160 e. The Kier molecular flexibility index (Phi) is 1.17. The van der Waals surface area contributed by atoms with Gasteiger partial charge in [0.05, 0.1) is 0 Å². The second-order valence-electron chi connectivity index (χ2n) is 4.00. The van der Waals surface area contributed by atoms with E-state index in [-0.39, 0.29) is 11.3 Å². The van der Waals surface area contributed by atoms with Crippen molar-refractivity contribution in [2.45, 2.75) is 45.9 Å². The largest absolute Gasteiger partial charge is 0.272 e. The molecule has 2 heteroatoms. The molecule has 0 saturated carbocycles. The van der Waals surface area contributed by atoms with Gasteiger partial charge in [0.15, 0.2) is 5.72 Å². The summed E-state index contributed by atoms with van der Waals surface area (Å²) in [7, 11) is 0. The van der Waals surface area contributed by atoms with Gasteiger partial charge in [0.1, 0.15) is 0 Å². The molecule has 0 aliphatic carbocycles. The molecule has 9 heavy (non-hydrogen) atoms. The summed E-state index contributed by atoms with van der Waals surface area (Å²) in [5, 5.41) is 2.00. The van der Waals surface area contributed by atoms with Crippen LogP contribution in [0.5, 0.6) is 0 Å². The van der Waals surface area contributed by atoms with Gasteiger partial charge in [-0.25, -0.2) is 0 Å². The van der Waals surface area contributed by atoms with E-state index in [1.54, 1.807) is 0 Å². The van der Waals surface area contributed by atoms with Gasteiger partial charge in [-0.05, 0) is 34.6 Å².